The number of amides is 1. The van der Waals surface area contributed by atoms with E-state index in [1.165, 1.54) is 0 Å². The average Bonchev–Trinajstić information content (AvgIpc) is 2.01. The van der Waals surface area contributed by atoms with E-state index in [9.17, 15) is 4.79 Å². The van der Waals surface area contributed by atoms with Gasteiger partial charge in [0.15, 0.2) is 0 Å². The van der Waals surface area contributed by atoms with Crippen molar-refractivity contribution in [2.75, 3.05) is 0 Å². The van der Waals surface area contributed by atoms with Crippen molar-refractivity contribution >= 4 is 5.91 Å². The van der Waals surface area contributed by atoms with Gasteiger partial charge in [-0.05, 0) is 34.1 Å². The lowest BCUT2D eigenvalue weighted by molar-refractivity contribution is -0.138. The third-order valence-electron chi connectivity index (χ3n) is 2.40. The molecule has 0 aromatic rings. The number of carbonyl (C=O) groups is 1. The summed E-state index contributed by atoms with van der Waals surface area (Å²) in [4.78, 5) is 13.8. The molecule has 2 nitrogen and oxygen atoms in total. The molecule has 0 fully saturated rings. The third-order valence-corrected chi connectivity index (χ3v) is 2.40. The molecule has 0 aliphatic carbocycles. The Morgan fingerprint density at radius 1 is 1.08 bits per heavy atom. The molecule has 0 N–H and O–H groups in total. The van der Waals surface area contributed by atoms with Crippen molar-refractivity contribution in [2.45, 2.75) is 60.0 Å². The molecule has 0 spiro atoms. The average molecular weight is 185 g/mol. The fourth-order valence-corrected chi connectivity index (χ4v) is 1.53. The van der Waals surface area contributed by atoms with E-state index >= 15 is 0 Å². The van der Waals surface area contributed by atoms with E-state index in [0.29, 0.717) is 12.1 Å². The smallest absolute Gasteiger partial charge is 0.225 e. The molecule has 0 unspecified atom stereocenters. The van der Waals surface area contributed by atoms with Crippen LogP contribution in [0.25, 0.3) is 0 Å². The zero-order valence-corrected chi connectivity index (χ0v) is 9.79. The summed E-state index contributed by atoms with van der Waals surface area (Å²) < 4.78 is 0. The van der Waals surface area contributed by atoms with Gasteiger partial charge < -0.3 is 4.90 Å². The van der Waals surface area contributed by atoms with E-state index in [1.807, 2.05) is 11.8 Å². The second-order valence-electron chi connectivity index (χ2n) is 4.24. The maximum Gasteiger partial charge on any atom is 0.225 e. The third kappa shape index (κ3) is 3.37. The highest BCUT2D eigenvalue weighted by Gasteiger charge is 2.23. The summed E-state index contributed by atoms with van der Waals surface area (Å²) in [5.74, 6) is 0.442. The predicted octanol–water partition coefficient (Wildman–Crippen LogP) is 2.68. The zero-order valence-electron chi connectivity index (χ0n) is 9.79. The Hall–Kier alpha value is -0.530. The van der Waals surface area contributed by atoms with Crippen LogP contribution in [0.4, 0.5) is 0 Å². The molecule has 0 aliphatic heterocycles. The molecule has 0 aromatic carbocycles. The lowest BCUT2D eigenvalue weighted by atomic mass is 10.1. The van der Waals surface area contributed by atoms with Crippen molar-refractivity contribution in [2.24, 2.45) is 5.92 Å². The van der Waals surface area contributed by atoms with Crippen molar-refractivity contribution < 1.29 is 4.79 Å². The largest absolute Gasteiger partial charge is 0.338 e. The van der Waals surface area contributed by atoms with Crippen LogP contribution in [0.2, 0.25) is 0 Å². The Bertz CT molecular complexity index is 155. The topological polar surface area (TPSA) is 20.3 Å². The van der Waals surface area contributed by atoms with E-state index in [2.05, 4.69) is 34.6 Å². The first-order valence-electron chi connectivity index (χ1n) is 5.23. The highest BCUT2D eigenvalue weighted by Crippen LogP contribution is 2.13. The molecule has 0 bridgehead atoms. The van der Waals surface area contributed by atoms with Crippen LogP contribution in [-0.2, 0) is 4.79 Å². The van der Waals surface area contributed by atoms with Crippen molar-refractivity contribution in [1.29, 1.82) is 0 Å². The Labute approximate surface area is 82.3 Å². The zero-order chi connectivity index (χ0) is 10.6. The fraction of sp³-hybridized carbons (Fsp3) is 0.909. The molecule has 0 saturated heterocycles. The monoisotopic (exact) mass is 185 g/mol. The first-order valence-corrected chi connectivity index (χ1v) is 5.23. The molecule has 78 valence electrons. The maximum atomic E-state index is 11.9. The molecule has 0 heterocycles. The second-order valence-corrected chi connectivity index (χ2v) is 4.24. The predicted molar refractivity (Wildman–Crippen MR) is 56.6 cm³/mol. The molecular formula is C11H23NO. The van der Waals surface area contributed by atoms with Gasteiger partial charge in [0.25, 0.3) is 0 Å². The van der Waals surface area contributed by atoms with Crippen molar-refractivity contribution in [3.8, 4) is 0 Å². The van der Waals surface area contributed by atoms with Gasteiger partial charge in [-0.25, -0.2) is 0 Å². The molecule has 1 amide bonds. The number of rotatable bonds is 4. The standard InChI is InChI=1S/C11H23NO/c1-7-10(6)11(13)12(8(2)3)9(4)5/h8-10H,7H2,1-6H3/t10-/m1/s1. The van der Waals surface area contributed by atoms with E-state index in [0.717, 1.165) is 6.42 Å². The number of carbonyl (C=O) groups excluding carboxylic acids is 1. The van der Waals surface area contributed by atoms with Gasteiger partial charge in [0.1, 0.15) is 0 Å². The van der Waals surface area contributed by atoms with Gasteiger partial charge in [0.2, 0.25) is 5.91 Å². The molecule has 13 heavy (non-hydrogen) atoms. The lowest BCUT2D eigenvalue weighted by Crippen LogP contribution is -2.44. The summed E-state index contributed by atoms with van der Waals surface area (Å²) in [5.41, 5.74) is 0. The van der Waals surface area contributed by atoms with Crippen LogP contribution in [-0.4, -0.2) is 22.9 Å². The molecule has 0 rings (SSSR count). The quantitative estimate of drug-likeness (QED) is 0.659. The van der Waals surface area contributed by atoms with Crippen molar-refractivity contribution in [3.05, 3.63) is 0 Å². The van der Waals surface area contributed by atoms with Crippen LogP contribution in [0.1, 0.15) is 48.0 Å². The molecule has 2 heteroatoms. The van der Waals surface area contributed by atoms with E-state index in [1.54, 1.807) is 0 Å². The summed E-state index contributed by atoms with van der Waals surface area (Å²) in [7, 11) is 0. The van der Waals surface area contributed by atoms with Crippen LogP contribution in [0.3, 0.4) is 0 Å². The summed E-state index contributed by atoms with van der Waals surface area (Å²) in [6.07, 6.45) is 0.925. The first kappa shape index (κ1) is 12.5. The summed E-state index contributed by atoms with van der Waals surface area (Å²) in [6, 6.07) is 0.614. The number of hydrogen-bond acceptors (Lipinski definition) is 1. The summed E-state index contributed by atoms with van der Waals surface area (Å²) in [6.45, 7) is 12.3. The highest BCUT2D eigenvalue weighted by molar-refractivity contribution is 5.78. The number of nitrogens with zero attached hydrogens (tertiary/aromatic N) is 1. The van der Waals surface area contributed by atoms with Gasteiger partial charge in [0.05, 0.1) is 0 Å². The molecule has 0 radical (unpaired) electrons. The lowest BCUT2D eigenvalue weighted by Gasteiger charge is -2.32. The van der Waals surface area contributed by atoms with Gasteiger partial charge in [-0.2, -0.15) is 0 Å². The van der Waals surface area contributed by atoms with Gasteiger partial charge in [0, 0.05) is 18.0 Å². The molecule has 0 aromatic heterocycles. The molecule has 0 saturated carbocycles. The van der Waals surface area contributed by atoms with Gasteiger partial charge in [-0.1, -0.05) is 13.8 Å². The maximum absolute atomic E-state index is 11.9. The van der Waals surface area contributed by atoms with E-state index in [-0.39, 0.29) is 11.8 Å². The highest BCUT2D eigenvalue weighted by atomic mass is 16.2. The van der Waals surface area contributed by atoms with Crippen molar-refractivity contribution in [1.82, 2.24) is 4.90 Å². The van der Waals surface area contributed by atoms with Crippen LogP contribution < -0.4 is 0 Å². The molecule has 0 aliphatic rings. The van der Waals surface area contributed by atoms with Gasteiger partial charge in [-0.3, -0.25) is 4.79 Å². The van der Waals surface area contributed by atoms with Gasteiger partial charge >= 0.3 is 0 Å². The van der Waals surface area contributed by atoms with E-state index in [4.69, 9.17) is 0 Å². The molecule has 1 atom stereocenters. The van der Waals surface area contributed by atoms with Crippen LogP contribution in [0.15, 0.2) is 0 Å². The first-order chi connectivity index (χ1) is 5.91. The van der Waals surface area contributed by atoms with Crippen molar-refractivity contribution in [3.63, 3.8) is 0 Å². The minimum absolute atomic E-state index is 0.157. The molecular weight excluding hydrogens is 162 g/mol. The normalized spacial score (nSPS) is 13.5. The van der Waals surface area contributed by atoms with Crippen LogP contribution in [0, 0.1) is 5.92 Å². The fourth-order valence-electron chi connectivity index (χ4n) is 1.53. The Morgan fingerprint density at radius 3 is 1.69 bits per heavy atom. The Morgan fingerprint density at radius 2 is 1.46 bits per heavy atom. The minimum atomic E-state index is 0.157. The van der Waals surface area contributed by atoms with E-state index < -0.39 is 0 Å². The Balaban J connectivity index is 4.46. The Kier molecular flexibility index (Phi) is 5.04. The number of hydrogen-bond donors (Lipinski definition) is 0. The summed E-state index contributed by atoms with van der Waals surface area (Å²) >= 11 is 0. The minimum Gasteiger partial charge on any atom is -0.338 e. The SMILES string of the molecule is CC[C@@H](C)C(=O)N(C(C)C)C(C)C. The van der Waals surface area contributed by atoms with Gasteiger partial charge in [-0.15, -0.1) is 0 Å². The van der Waals surface area contributed by atoms with Crippen LogP contribution in [0.5, 0.6) is 0 Å². The second kappa shape index (κ2) is 5.25. The summed E-state index contributed by atoms with van der Waals surface area (Å²) in [5, 5.41) is 0. The van der Waals surface area contributed by atoms with Crippen LogP contribution >= 0.6 is 0 Å².